The van der Waals surface area contributed by atoms with Crippen LogP contribution in [-0.4, -0.2) is 25.7 Å². The molecule has 27 heavy (non-hydrogen) atoms. The molecule has 0 atom stereocenters. The van der Waals surface area contributed by atoms with Gasteiger partial charge in [0.05, 0.1) is 16.8 Å². The van der Waals surface area contributed by atoms with Crippen molar-refractivity contribution < 1.29 is 14.5 Å². The zero-order chi connectivity index (χ0) is 19.4. The molecule has 0 fully saturated rings. The number of rotatable bonds is 6. The Morgan fingerprint density at radius 1 is 1.48 bits per heavy atom. The number of ether oxygens (including phenoxy) is 1. The fraction of sp³-hybridized carbons (Fsp3) is 0.118. The molecule has 0 amide bonds. The van der Waals surface area contributed by atoms with Crippen molar-refractivity contribution >= 4 is 40.7 Å². The maximum Gasteiger partial charge on any atom is 0.331 e. The van der Waals surface area contributed by atoms with E-state index in [1.54, 1.807) is 16.9 Å². The van der Waals surface area contributed by atoms with Crippen LogP contribution in [0.25, 0.3) is 16.6 Å². The van der Waals surface area contributed by atoms with Crippen molar-refractivity contribution in [2.75, 3.05) is 0 Å². The number of carbonyl (C=O) groups is 1. The van der Waals surface area contributed by atoms with Crippen LogP contribution in [0.4, 0.5) is 5.69 Å². The van der Waals surface area contributed by atoms with E-state index >= 15 is 0 Å². The minimum absolute atomic E-state index is 0.0285. The van der Waals surface area contributed by atoms with Gasteiger partial charge in [-0.05, 0) is 17.7 Å². The fourth-order valence-electron chi connectivity index (χ4n) is 2.17. The second-order valence-electron chi connectivity index (χ2n) is 5.46. The van der Waals surface area contributed by atoms with Gasteiger partial charge in [0, 0.05) is 36.3 Å². The van der Waals surface area contributed by atoms with E-state index in [0.29, 0.717) is 11.3 Å². The number of hydrogen-bond acceptors (Lipinski definition) is 7. The van der Waals surface area contributed by atoms with Crippen LogP contribution in [0.1, 0.15) is 11.3 Å². The Morgan fingerprint density at radius 3 is 3.00 bits per heavy atom. The third-order valence-electron chi connectivity index (χ3n) is 3.44. The number of nitro groups is 1. The maximum absolute atomic E-state index is 11.8. The van der Waals surface area contributed by atoms with E-state index in [-0.39, 0.29) is 17.3 Å². The number of halogens is 1. The number of benzene rings is 1. The van der Waals surface area contributed by atoms with E-state index in [4.69, 9.17) is 16.3 Å². The van der Waals surface area contributed by atoms with Crippen LogP contribution in [0.3, 0.4) is 0 Å². The van der Waals surface area contributed by atoms with Gasteiger partial charge in [0.1, 0.15) is 16.6 Å². The van der Waals surface area contributed by atoms with Crippen LogP contribution >= 0.6 is 22.9 Å². The lowest BCUT2D eigenvalue weighted by Gasteiger charge is -1.99. The SMILES string of the molecule is Cn1cc(-c2nc(COC(=O)C=Cc3ccc(Cl)c([N+](=O)[O-])c3)cs2)cn1. The second-order valence-corrected chi connectivity index (χ2v) is 6.72. The first-order valence-corrected chi connectivity index (χ1v) is 8.90. The number of aryl methyl sites for hydroxylation is 1. The summed E-state index contributed by atoms with van der Waals surface area (Å²) in [6.07, 6.45) is 6.18. The van der Waals surface area contributed by atoms with Crippen LogP contribution in [0, 0.1) is 10.1 Å². The highest BCUT2D eigenvalue weighted by Gasteiger charge is 2.12. The summed E-state index contributed by atoms with van der Waals surface area (Å²) < 4.78 is 6.83. The zero-order valence-electron chi connectivity index (χ0n) is 14.0. The smallest absolute Gasteiger partial charge is 0.331 e. The Kier molecular flexibility index (Phi) is 5.63. The number of carbonyl (C=O) groups excluding carboxylic acids is 1. The van der Waals surface area contributed by atoms with Crippen molar-refractivity contribution in [2.24, 2.45) is 7.05 Å². The van der Waals surface area contributed by atoms with Gasteiger partial charge >= 0.3 is 5.97 Å². The van der Waals surface area contributed by atoms with E-state index < -0.39 is 10.9 Å². The molecular formula is C17H13ClN4O4S. The van der Waals surface area contributed by atoms with Gasteiger partial charge in [0.25, 0.3) is 5.69 Å². The summed E-state index contributed by atoms with van der Waals surface area (Å²) in [7, 11) is 1.82. The molecule has 0 spiro atoms. The Morgan fingerprint density at radius 2 is 2.30 bits per heavy atom. The summed E-state index contributed by atoms with van der Waals surface area (Å²) >= 11 is 7.18. The minimum Gasteiger partial charge on any atom is -0.456 e. The minimum atomic E-state index is -0.583. The molecule has 3 aromatic rings. The molecule has 0 saturated heterocycles. The van der Waals surface area contributed by atoms with Gasteiger partial charge in [-0.1, -0.05) is 17.7 Å². The molecule has 10 heteroatoms. The van der Waals surface area contributed by atoms with E-state index in [0.717, 1.165) is 10.6 Å². The highest BCUT2D eigenvalue weighted by Crippen LogP contribution is 2.26. The molecule has 2 heterocycles. The maximum atomic E-state index is 11.8. The van der Waals surface area contributed by atoms with Crippen molar-refractivity contribution in [1.29, 1.82) is 0 Å². The van der Waals surface area contributed by atoms with E-state index in [2.05, 4.69) is 10.1 Å². The van der Waals surface area contributed by atoms with Crippen LogP contribution in [0.2, 0.25) is 5.02 Å². The number of nitrogens with zero attached hydrogens (tertiary/aromatic N) is 4. The molecule has 0 unspecified atom stereocenters. The summed E-state index contributed by atoms with van der Waals surface area (Å²) in [4.78, 5) is 26.5. The fourth-order valence-corrected chi connectivity index (χ4v) is 3.13. The predicted octanol–water partition coefficient (Wildman–Crippen LogP) is 3.86. The van der Waals surface area contributed by atoms with Gasteiger partial charge in [0.15, 0.2) is 0 Å². The average molecular weight is 405 g/mol. The number of hydrogen-bond donors (Lipinski definition) is 0. The van der Waals surface area contributed by atoms with Crippen LogP contribution in [0.15, 0.2) is 42.0 Å². The molecule has 0 aliphatic heterocycles. The quantitative estimate of drug-likeness (QED) is 0.267. The Hall–Kier alpha value is -3.04. The molecular weight excluding hydrogens is 392 g/mol. The van der Waals surface area contributed by atoms with Crippen molar-refractivity contribution in [3.63, 3.8) is 0 Å². The topological polar surface area (TPSA) is 100 Å². The summed E-state index contributed by atoms with van der Waals surface area (Å²) in [5, 5.41) is 17.6. The van der Waals surface area contributed by atoms with Gasteiger partial charge in [-0.15, -0.1) is 11.3 Å². The van der Waals surface area contributed by atoms with Crippen molar-refractivity contribution in [2.45, 2.75) is 6.61 Å². The molecule has 0 radical (unpaired) electrons. The zero-order valence-corrected chi connectivity index (χ0v) is 15.6. The lowest BCUT2D eigenvalue weighted by Crippen LogP contribution is -2.01. The molecule has 0 aliphatic rings. The molecule has 0 N–H and O–H groups in total. The average Bonchev–Trinajstić information content (AvgIpc) is 3.27. The highest BCUT2D eigenvalue weighted by atomic mass is 35.5. The van der Waals surface area contributed by atoms with Crippen LogP contribution in [0.5, 0.6) is 0 Å². The van der Waals surface area contributed by atoms with Crippen molar-refractivity contribution in [3.05, 3.63) is 68.4 Å². The summed E-state index contributed by atoms with van der Waals surface area (Å²) in [5.74, 6) is -0.580. The first-order valence-electron chi connectivity index (χ1n) is 7.64. The van der Waals surface area contributed by atoms with Crippen LogP contribution < -0.4 is 0 Å². The lowest BCUT2D eigenvalue weighted by atomic mass is 10.2. The van der Waals surface area contributed by atoms with Gasteiger partial charge in [0.2, 0.25) is 0 Å². The van der Waals surface area contributed by atoms with Gasteiger partial charge in [-0.3, -0.25) is 14.8 Å². The van der Waals surface area contributed by atoms with E-state index in [9.17, 15) is 14.9 Å². The largest absolute Gasteiger partial charge is 0.456 e. The first-order chi connectivity index (χ1) is 12.9. The third kappa shape index (κ3) is 4.78. The second kappa shape index (κ2) is 8.11. The number of esters is 1. The molecule has 0 bridgehead atoms. The Balaban J connectivity index is 1.58. The lowest BCUT2D eigenvalue weighted by molar-refractivity contribution is -0.384. The van der Waals surface area contributed by atoms with Crippen LogP contribution in [-0.2, 0) is 23.2 Å². The molecule has 0 saturated carbocycles. The number of nitro benzene ring substituents is 1. The highest BCUT2D eigenvalue weighted by molar-refractivity contribution is 7.13. The Labute approximate surface area is 162 Å². The Bertz CT molecular complexity index is 1030. The summed E-state index contributed by atoms with van der Waals surface area (Å²) in [6, 6.07) is 4.26. The van der Waals surface area contributed by atoms with Crippen molar-refractivity contribution in [1.82, 2.24) is 14.8 Å². The normalized spacial score (nSPS) is 11.0. The van der Waals surface area contributed by atoms with E-state index in [1.165, 1.54) is 35.6 Å². The first kappa shape index (κ1) is 18.7. The molecule has 138 valence electrons. The molecule has 1 aromatic carbocycles. The van der Waals surface area contributed by atoms with Crippen molar-refractivity contribution in [3.8, 4) is 10.6 Å². The molecule has 8 nitrogen and oxygen atoms in total. The number of thiazole rings is 1. The van der Waals surface area contributed by atoms with Gasteiger partial charge in [-0.2, -0.15) is 5.10 Å². The molecule has 3 rings (SSSR count). The predicted molar refractivity (Wildman–Crippen MR) is 101 cm³/mol. The number of aromatic nitrogens is 3. The molecule has 2 aromatic heterocycles. The summed E-state index contributed by atoms with van der Waals surface area (Å²) in [5.41, 5.74) is 1.76. The molecule has 0 aliphatic carbocycles. The monoisotopic (exact) mass is 404 g/mol. The third-order valence-corrected chi connectivity index (χ3v) is 4.70. The van der Waals surface area contributed by atoms with Gasteiger partial charge in [-0.25, -0.2) is 9.78 Å². The van der Waals surface area contributed by atoms with Gasteiger partial charge < -0.3 is 4.74 Å². The van der Waals surface area contributed by atoms with E-state index in [1.807, 2.05) is 18.6 Å². The summed E-state index contributed by atoms with van der Waals surface area (Å²) in [6.45, 7) is 0.0285. The standard InChI is InChI=1S/C17H13ClN4O4S/c1-21-8-12(7-19-21)17-20-13(10-27-17)9-26-16(23)5-3-11-2-4-14(18)15(6-11)22(24)25/h2-8,10H,9H2,1H3.